The van der Waals surface area contributed by atoms with Gasteiger partial charge in [0.2, 0.25) is 5.91 Å². The molecule has 0 spiro atoms. The Hall–Kier alpha value is -6.33. The normalized spacial score (nSPS) is 15.8. The zero-order chi connectivity index (χ0) is 37.9. The third-order valence-corrected chi connectivity index (χ3v) is 9.81. The van der Waals surface area contributed by atoms with Crippen molar-refractivity contribution in [1.82, 2.24) is 35.0 Å². The fraction of sp³-hybridized carbons (Fsp3) is 0.278. The molecule has 1 atom stereocenters. The Morgan fingerprint density at radius 3 is 2.39 bits per heavy atom. The van der Waals surface area contributed by atoms with Crippen molar-refractivity contribution in [3.8, 4) is 5.69 Å². The SMILES string of the molecule is COC1CCN(C(=O)Nc2ccc(CC(C(=O)Nc3ccc4[nH]c(C(=O)O)cc4c3)N3CCN(c4cc(Cl)ccc4-n4cnnn4)C(=O)C3=O)cc2)CC1. The Kier molecular flexibility index (Phi) is 10.2. The molecular formula is C36H35ClN10O7. The second-order valence-electron chi connectivity index (χ2n) is 12.9. The van der Waals surface area contributed by atoms with Crippen LogP contribution in [-0.2, 0) is 25.5 Å². The summed E-state index contributed by atoms with van der Waals surface area (Å²) in [6.45, 7) is 1.18. The van der Waals surface area contributed by atoms with E-state index in [0.717, 1.165) is 12.8 Å². The Bertz CT molecular complexity index is 2220. The Morgan fingerprint density at radius 2 is 1.69 bits per heavy atom. The van der Waals surface area contributed by atoms with Gasteiger partial charge in [-0.2, -0.15) is 4.68 Å². The van der Waals surface area contributed by atoms with E-state index in [1.807, 2.05) is 0 Å². The van der Waals surface area contributed by atoms with Crippen molar-refractivity contribution in [3.05, 3.63) is 89.3 Å². The summed E-state index contributed by atoms with van der Waals surface area (Å²) in [5.74, 6) is -3.47. The number of tetrazole rings is 1. The third kappa shape index (κ3) is 7.58. The highest BCUT2D eigenvalue weighted by Crippen LogP contribution is 2.30. The number of benzene rings is 3. The van der Waals surface area contributed by atoms with E-state index in [4.69, 9.17) is 16.3 Å². The molecule has 2 saturated heterocycles. The molecule has 18 heteroatoms. The van der Waals surface area contributed by atoms with Crippen molar-refractivity contribution < 1.29 is 33.8 Å². The van der Waals surface area contributed by atoms with Crippen LogP contribution in [0.4, 0.5) is 21.9 Å². The first kappa shape index (κ1) is 36.0. The molecule has 17 nitrogen and oxygen atoms in total. The van der Waals surface area contributed by atoms with Gasteiger partial charge >= 0.3 is 23.8 Å². The van der Waals surface area contributed by atoms with Crippen LogP contribution in [0.2, 0.25) is 5.02 Å². The van der Waals surface area contributed by atoms with Crippen molar-refractivity contribution in [3.63, 3.8) is 0 Å². The maximum atomic E-state index is 14.1. The van der Waals surface area contributed by atoms with Crippen LogP contribution in [0.5, 0.6) is 0 Å². The molecule has 2 fully saturated rings. The number of carbonyl (C=O) groups excluding carboxylic acids is 4. The molecule has 0 bridgehead atoms. The van der Waals surface area contributed by atoms with Crippen molar-refractivity contribution in [1.29, 1.82) is 0 Å². The van der Waals surface area contributed by atoms with Crippen LogP contribution in [0.1, 0.15) is 28.9 Å². The highest BCUT2D eigenvalue weighted by atomic mass is 35.5. The molecule has 0 aliphatic carbocycles. The summed E-state index contributed by atoms with van der Waals surface area (Å²) in [4.78, 5) is 73.3. The number of carboxylic acid groups (broad SMARTS) is 1. The minimum Gasteiger partial charge on any atom is -0.477 e. The van der Waals surface area contributed by atoms with Crippen molar-refractivity contribution in [2.75, 3.05) is 48.8 Å². The minimum atomic E-state index is -1.14. The van der Waals surface area contributed by atoms with Gasteiger partial charge in [-0.1, -0.05) is 23.7 Å². The molecule has 1 unspecified atom stereocenters. The summed E-state index contributed by atoms with van der Waals surface area (Å²) in [5.41, 5.74) is 2.88. The first-order valence-corrected chi connectivity index (χ1v) is 17.5. The highest BCUT2D eigenvalue weighted by Gasteiger charge is 2.40. The zero-order valence-corrected chi connectivity index (χ0v) is 29.7. The summed E-state index contributed by atoms with van der Waals surface area (Å²) in [6, 6.07) is 16.7. The Morgan fingerprint density at radius 1 is 0.926 bits per heavy atom. The average Bonchev–Trinajstić information content (AvgIpc) is 3.87. The maximum absolute atomic E-state index is 14.1. The van der Waals surface area contributed by atoms with Crippen LogP contribution in [0, 0.1) is 0 Å². The Labute approximate surface area is 312 Å². The molecule has 54 heavy (non-hydrogen) atoms. The summed E-state index contributed by atoms with van der Waals surface area (Å²) in [7, 11) is 1.67. The molecule has 2 aliphatic heterocycles. The standard InChI is InChI=1S/C36H35ClN10O7/c1-54-26-10-12-44(13-11-26)36(53)40-24-5-2-21(3-6-24)16-31(32(48)39-25-7-8-27-22(17-25)18-28(41-27)35(51)52)46-15-14-45(33(49)34(46)50)30-19-23(37)4-9-29(30)47-20-38-42-43-47/h2-9,17-20,26,31,41H,10-16H2,1H3,(H,39,48)(H,40,53)(H,51,52). The number of H-pyrrole nitrogens is 1. The quantitative estimate of drug-likeness (QED) is 0.153. The first-order chi connectivity index (χ1) is 26.1. The number of likely N-dealkylation sites (tertiary alicyclic amines) is 1. The number of piperidine rings is 1. The number of hydrogen-bond donors (Lipinski definition) is 4. The van der Waals surface area contributed by atoms with Crippen molar-refractivity contribution >= 4 is 69.3 Å². The van der Waals surface area contributed by atoms with E-state index < -0.39 is 29.7 Å². The highest BCUT2D eigenvalue weighted by molar-refractivity contribution is 6.41. The number of rotatable bonds is 10. The number of aromatic nitrogens is 5. The number of halogens is 1. The molecule has 278 valence electrons. The molecule has 2 aliphatic rings. The number of amides is 5. The number of nitrogens with zero attached hydrogens (tertiary/aromatic N) is 7. The summed E-state index contributed by atoms with van der Waals surface area (Å²) in [6.07, 6.45) is 3.03. The Balaban J connectivity index is 1.12. The van der Waals surface area contributed by atoms with E-state index in [-0.39, 0.29) is 37.3 Å². The lowest BCUT2D eigenvalue weighted by atomic mass is 10.0. The number of ether oxygens (including phenoxy) is 1. The van der Waals surface area contributed by atoms with Crippen LogP contribution in [-0.4, -0.2) is 115 Å². The van der Waals surface area contributed by atoms with Crippen LogP contribution < -0.4 is 15.5 Å². The number of hydrogen-bond acceptors (Lipinski definition) is 9. The van der Waals surface area contributed by atoms with E-state index in [1.54, 1.807) is 72.7 Å². The van der Waals surface area contributed by atoms with Gasteiger partial charge in [0.05, 0.1) is 17.5 Å². The molecule has 0 radical (unpaired) electrons. The predicted molar refractivity (Wildman–Crippen MR) is 197 cm³/mol. The lowest BCUT2D eigenvalue weighted by Gasteiger charge is -2.38. The molecule has 5 aromatic rings. The molecule has 4 heterocycles. The lowest BCUT2D eigenvalue weighted by Crippen LogP contribution is -2.60. The van der Waals surface area contributed by atoms with Gasteiger partial charge in [0, 0.05) is 67.0 Å². The molecule has 7 rings (SSSR count). The molecular weight excluding hydrogens is 720 g/mol. The van der Waals surface area contributed by atoms with Gasteiger partial charge in [-0.15, -0.1) is 5.10 Å². The molecule has 4 N–H and O–H groups in total. The van der Waals surface area contributed by atoms with Crippen LogP contribution in [0.25, 0.3) is 16.6 Å². The number of carbonyl (C=O) groups is 5. The monoisotopic (exact) mass is 754 g/mol. The molecule has 0 saturated carbocycles. The number of fused-ring (bicyclic) bond motifs is 1. The number of carboxylic acids is 1. The molecule has 3 aromatic carbocycles. The maximum Gasteiger partial charge on any atom is 0.352 e. The topological polar surface area (TPSA) is 208 Å². The van der Waals surface area contributed by atoms with Gasteiger partial charge in [-0.3, -0.25) is 14.4 Å². The van der Waals surface area contributed by atoms with Gasteiger partial charge in [-0.25, -0.2) is 9.59 Å². The predicted octanol–water partition coefficient (Wildman–Crippen LogP) is 3.56. The number of aromatic amines is 1. The van der Waals surface area contributed by atoms with E-state index in [9.17, 15) is 29.1 Å². The minimum absolute atomic E-state index is 0.00303. The summed E-state index contributed by atoms with van der Waals surface area (Å²) < 4.78 is 6.75. The lowest BCUT2D eigenvalue weighted by molar-refractivity contribution is -0.149. The largest absolute Gasteiger partial charge is 0.477 e. The molecule has 2 aromatic heterocycles. The smallest absolute Gasteiger partial charge is 0.352 e. The number of nitrogens with one attached hydrogen (secondary N) is 3. The summed E-state index contributed by atoms with van der Waals surface area (Å²) in [5, 5.41) is 27.3. The van der Waals surface area contributed by atoms with Crippen molar-refractivity contribution in [2.45, 2.75) is 31.4 Å². The number of piperazine rings is 1. The second-order valence-corrected chi connectivity index (χ2v) is 13.3. The zero-order valence-electron chi connectivity index (χ0n) is 28.9. The molecule has 5 amide bonds. The van der Waals surface area contributed by atoms with Gasteiger partial charge < -0.3 is 40.2 Å². The van der Waals surface area contributed by atoms with Crippen molar-refractivity contribution in [2.24, 2.45) is 0 Å². The number of urea groups is 1. The second kappa shape index (κ2) is 15.3. The summed E-state index contributed by atoms with van der Waals surface area (Å²) >= 11 is 6.30. The van der Waals surface area contributed by atoms with E-state index in [2.05, 4.69) is 31.1 Å². The number of methoxy groups -OCH3 is 1. The van der Waals surface area contributed by atoms with Gasteiger partial charge in [0.25, 0.3) is 0 Å². The van der Waals surface area contributed by atoms with Crippen LogP contribution in [0.3, 0.4) is 0 Å². The number of aromatic carboxylic acids is 1. The van der Waals surface area contributed by atoms with E-state index in [0.29, 0.717) is 57.3 Å². The average molecular weight is 755 g/mol. The van der Waals surface area contributed by atoms with E-state index in [1.165, 1.54) is 26.9 Å². The third-order valence-electron chi connectivity index (χ3n) is 9.57. The van der Waals surface area contributed by atoms with Crippen LogP contribution >= 0.6 is 11.6 Å². The fourth-order valence-electron chi connectivity index (χ4n) is 6.69. The van der Waals surface area contributed by atoms with Gasteiger partial charge in [0.1, 0.15) is 18.1 Å². The first-order valence-electron chi connectivity index (χ1n) is 17.1. The van der Waals surface area contributed by atoms with Gasteiger partial charge in [-0.05, 0) is 83.4 Å². The van der Waals surface area contributed by atoms with Crippen LogP contribution in [0.15, 0.2) is 73.1 Å². The van der Waals surface area contributed by atoms with E-state index >= 15 is 0 Å². The fourth-order valence-corrected chi connectivity index (χ4v) is 6.86. The number of anilines is 3. The van der Waals surface area contributed by atoms with Gasteiger partial charge in [0.15, 0.2) is 0 Å².